The number of hydrogen-bond donors (Lipinski definition) is 0. The minimum atomic E-state index is 0. The number of rotatable bonds is 2. The van der Waals surface area contributed by atoms with E-state index in [-0.39, 0.29) is 12.4 Å². The summed E-state index contributed by atoms with van der Waals surface area (Å²) in [5.41, 5.74) is 5.24. The Bertz CT molecular complexity index is 740. The van der Waals surface area contributed by atoms with E-state index in [1.165, 1.54) is 36.0 Å². The van der Waals surface area contributed by atoms with Gasteiger partial charge < -0.3 is 9.80 Å². The molecule has 3 heterocycles. The number of hydrogen-bond acceptors (Lipinski definition) is 4. The third kappa shape index (κ3) is 3.59. The summed E-state index contributed by atoms with van der Waals surface area (Å²) in [5.74, 6) is 2.05. The predicted octanol–water partition coefficient (Wildman–Crippen LogP) is 4.07. The van der Waals surface area contributed by atoms with Gasteiger partial charge in [-0.15, -0.1) is 12.4 Å². The molecule has 0 N–H and O–H groups in total. The molecule has 4 nitrogen and oxygen atoms in total. The first kappa shape index (κ1) is 18.0. The number of halogens is 1. The number of aromatic nitrogens is 2. The lowest BCUT2D eigenvalue weighted by atomic mass is 9.99. The minimum Gasteiger partial charge on any atom is -0.352 e. The van der Waals surface area contributed by atoms with Crippen LogP contribution in [0.1, 0.15) is 41.6 Å². The van der Waals surface area contributed by atoms with Crippen molar-refractivity contribution in [2.75, 3.05) is 29.4 Å². The monoisotopic (exact) mass is 358 g/mol. The normalized spacial score (nSPS) is 17.0. The molecule has 0 aliphatic carbocycles. The van der Waals surface area contributed by atoms with Crippen molar-refractivity contribution < 1.29 is 0 Å². The number of aryl methyl sites for hydroxylation is 1. The summed E-state index contributed by atoms with van der Waals surface area (Å²) < 4.78 is 0. The van der Waals surface area contributed by atoms with Crippen LogP contribution in [0, 0.1) is 13.8 Å². The summed E-state index contributed by atoms with van der Waals surface area (Å²) in [7, 11) is 0. The number of nitrogens with zero attached hydrogens (tertiary/aromatic N) is 4. The van der Waals surface area contributed by atoms with Crippen molar-refractivity contribution in [3.8, 4) is 0 Å². The zero-order valence-corrected chi connectivity index (χ0v) is 16.0. The van der Waals surface area contributed by atoms with Gasteiger partial charge in [0.05, 0.1) is 0 Å². The van der Waals surface area contributed by atoms with Gasteiger partial charge in [0.15, 0.2) is 0 Å². The molecule has 0 saturated carbocycles. The van der Waals surface area contributed by atoms with Gasteiger partial charge in [-0.25, -0.2) is 4.98 Å². The van der Waals surface area contributed by atoms with Crippen LogP contribution in [-0.2, 0) is 13.0 Å². The highest BCUT2D eigenvalue weighted by Crippen LogP contribution is 2.29. The molecule has 1 aromatic carbocycles. The van der Waals surface area contributed by atoms with E-state index in [1.54, 1.807) is 0 Å². The molecule has 2 aliphatic rings. The third-order valence-electron chi connectivity index (χ3n) is 5.42. The maximum absolute atomic E-state index is 4.99. The standard InChI is InChI=1S/C20H26N4.ClH/c1-15-16(2)21-20(23-11-6-3-7-12-23)22-19(15)24-13-10-17-8-4-5-9-18(17)14-24;/h4-5,8-9H,3,6-7,10-14H2,1-2H3;1H. The van der Waals surface area contributed by atoms with Gasteiger partial charge in [0, 0.05) is 37.4 Å². The van der Waals surface area contributed by atoms with Crippen LogP contribution >= 0.6 is 12.4 Å². The second-order valence-electron chi connectivity index (χ2n) is 7.05. The van der Waals surface area contributed by atoms with Gasteiger partial charge in [-0.2, -0.15) is 4.98 Å². The fraction of sp³-hybridized carbons (Fsp3) is 0.500. The molecule has 0 radical (unpaired) electrons. The van der Waals surface area contributed by atoms with Gasteiger partial charge in [0.1, 0.15) is 5.82 Å². The molecule has 0 unspecified atom stereocenters. The molecule has 0 atom stereocenters. The third-order valence-corrected chi connectivity index (χ3v) is 5.42. The van der Waals surface area contributed by atoms with Crippen LogP contribution in [0.2, 0.25) is 0 Å². The Labute approximate surface area is 156 Å². The van der Waals surface area contributed by atoms with Crippen LogP contribution in [-0.4, -0.2) is 29.6 Å². The quantitative estimate of drug-likeness (QED) is 0.810. The lowest BCUT2D eigenvalue weighted by Crippen LogP contribution is -2.34. The second kappa shape index (κ2) is 7.61. The van der Waals surface area contributed by atoms with Gasteiger partial charge in [-0.1, -0.05) is 24.3 Å². The summed E-state index contributed by atoms with van der Waals surface area (Å²) >= 11 is 0. The van der Waals surface area contributed by atoms with Crippen LogP contribution in [0.5, 0.6) is 0 Å². The number of piperidine rings is 1. The van der Waals surface area contributed by atoms with Crippen LogP contribution in [0.4, 0.5) is 11.8 Å². The first-order chi connectivity index (χ1) is 11.7. The van der Waals surface area contributed by atoms with Crippen LogP contribution in [0.15, 0.2) is 24.3 Å². The molecule has 1 saturated heterocycles. The van der Waals surface area contributed by atoms with Gasteiger partial charge in [-0.3, -0.25) is 0 Å². The van der Waals surface area contributed by atoms with E-state index in [1.807, 2.05) is 0 Å². The fourth-order valence-corrected chi connectivity index (χ4v) is 3.82. The molecule has 2 aromatic rings. The topological polar surface area (TPSA) is 32.3 Å². The molecule has 1 aromatic heterocycles. The highest BCUT2D eigenvalue weighted by Gasteiger charge is 2.22. The van der Waals surface area contributed by atoms with E-state index in [0.29, 0.717) is 0 Å². The number of anilines is 2. The maximum atomic E-state index is 4.99. The second-order valence-corrected chi connectivity index (χ2v) is 7.05. The number of benzene rings is 1. The fourth-order valence-electron chi connectivity index (χ4n) is 3.82. The Morgan fingerprint density at radius 3 is 2.32 bits per heavy atom. The van der Waals surface area contributed by atoms with Crippen molar-refractivity contribution in [2.45, 2.75) is 46.1 Å². The van der Waals surface area contributed by atoms with E-state index in [2.05, 4.69) is 47.9 Å². The van der Waals surface area contributed by atoms with Crippen molar-refractivity contribution in [1.29, 1.82) is 0 Å². The van der Waals surface area contributed by atoms with Crippen molar-refractivity contribution in [3.05, 3.63) is 46.6 Å². The van der Waals surface area contributed by atoms with E-state index in [0.717, 1.165) is 50.1 Å². The zero-order chi connectivity index (χ0) is 16.5. The Kier molecular flexibility index (Phi) is 5.48. The molecular formula is C20H27ClN4. The van der Waals surface area contributed by atoms with Gasteiger partial charge in [0.25, 0.3) is 0 Å². The predicted molar refractivity (Wildman–Crippen MR) is 106 cm³/mol. The van der Waals surface area contributed by atoms with E-state index in [4.69, 9.17) is 9.97 Å². The molecule has 134 valence electrons. The van der Waals surface area contributed by atoms with Gasteiger partial charge in [-0.05, 0) is 50.7 Å². The van der Waals surface area contributed by atoms with E-state index >= 15 is 0 Å². The van der Waals surface area contributed by atoms with Crippen molar-refractivity contribution >= 4 is 24.2 Å². The summed E-state index contributed by atoms with van der Waals surface area (Å²) in [5, 5.41) is 0. The van der Waals surface area contributed by atoms with Crippen LogP contribution in [0.25, 0.3) is 0 Å². The Balaban J connectivity index is 0.00000182. The summed E-state index contributed by atoms with van der Waals surface area (Å²) in [6.07, 6.45) is 4.93. The Morgan fingerprint density at radius 1 is 0.840 bits per heavy atom. The maximum Gasteiger partial charge on any atom is 0.227 e. The van der Waals surface area contributed by atoms with E-state index < -0.39 is 0 Å². The largest absolute Gasteiger partial charge is 0.352 e. The highest BCUT2D eigenvalue weighted by atomic mass is 35.5. The molecule has 4 rings (SSSR count). The van der Waals surface area contributed by atoms with E-state index in [9.17, 15) is 0 Å². The number of fused-ring (bicyclic) bond motifs is 1. The first-order valence-corrected chi connectivity index (χ1v) is 9.14. The van der Waals surface area contributed by atoms with Gasteiger partial charge >= 0.3 is 0 Å². The average molecular weight is 359 g/mol. The smallest absolute Gasteiger partial charge is 0.227 e. The van der Waals surface area contributed by atoms with Gasteiger partial charge in [0.2, 0.25) is 5.95 Å². The summed E-state index contributed by atoms with van der Waals surface area (Å²) in [6.45, 7) is 8.44. The molecule has 0 bridgehead atoms. The van der Waals surface area contributed by atoms with Crippen molar-refractivity contribution in [2.24, 2.45) is 0 Å². The van der Waals surface area contributed by atoms with Crippen LogP contribution in [0.3, 0.4) is 0 Å². The first-order valence-electron chi connectivity index (χ1n) is 9.14. The minimum absolute atomic E-state index is 0. The van der Waals surface area contributed by atoms with Crippen molar-refractivity contribution in [3.63, 3.8) is 0 Å². The summed E-state index contributed by atoms with van der Waals surface area (Å²) in [4.78, 5) is 14.6. The molecule has 1 fully saturated rings. The Morgan fingerprint density at radius 2 is 1.56 bits per heavy atom. The summed E-state index contributed by atoms with van der Waals surface area (Å²) in [6, 6.07) is 8.78. The lowest BCUT2D eigenvalue weighted by Gasteiger charge is -2.33. The molecule has 5 heteroatoms. The Hall–Kier alpha value is -1.81. The van der Waals surface area contributed by atoms with Crippen LogP contribution < -0.4 is 9.80 Å². The average Bonchev–Trinajstić information content (AvgIpc) is 2.64. The molecule has 2 aliphatic heterocycles. The SMILES string of the molecule is Cc1nc(N2CCCCC2)nc(N2CCc3ccccc3C2)c1C.Cl. The highest BCUT2D eigenvalue weighted by molar-refractivity contribution is 5.85. The lowest BCUT2D eigenvalue weighted by molar-refractivity contribution is 0.566. The zero-order valence-electron chi connectivity index (χ0n) is 15.2. The molecule has 25 heavy (non-hydrogen) atoms. The molecule has 0 amide bonds. The molecule has 0 spiro atoms. The van der Waals surface area contributed by atoms with Crippen molar-refractivity contribution in [1.82, 2.24) is 9.97 Å². The molecular weight excluding hydrogens is 332 g/mol.